The predicted octanol–water partition coefficient (Wildman–Crippen LogP) is 3.42. The van der Waals surface area contributed by atoms with Crippen LogP contribution in [0, 0.1) is 11.8 Å². The van der Waals surface area contributed by atoms with Gasteiger partial charge in [-0.1, -0.05) is 40.5 Å². The largest absolute Gasteiger partial charge is 0.381 e. The number of nitrogens with one attached hydrogen (secondary N) is 1. The van der Waals surface area contributed by atoms with Crippen LogP contribution in [0.1, 0.15) is 59.8 Å². The Balaban J connectivity index is 3.09. The average molecular weight is 271 g/mol. The first-order chi connectivity index (χ1) is 9.04. The van der Waals surface area contributed by atoms with Gasteiger partial charge in [-0.15, -0.1) is 0 Å². The van der Waals surface area contributed by atoms with Crippen molar-refractivity contribution in [3.05, 3.63) is 0 Å². The monoisotopic (exact) mass is 271 g/mol. The highest BCUT2D eigenvalue weighted by Crippen LogP contribution is 2.06. The summed E-state index contributed by atoms with van der Waals surface area (Å²) in [5.41, 5.74) is 0. The summed E-state index contributed by atoms with van der Waals surface area (Å²) in [6.07, 6.45) is 5.91. The Labute approximate surface area is 119 Å². The topological polar surface area (TPSA) is 38.3 Å². The van der Waals surface area contributed by atoms with Crippen LogP contribution in [0.25, 0.3) is 0 Å². The molecule has 0 aromatic heterocycles. The van der Waals surface area contributed by atoms with Crippen LogP contribution in [-0.4, -0.2) is 32.1 Å². The predicted molar refractivity (Wildman–Crippen MR) is 81.5 cm³/mol. The third kappa shape index (κ3) is 13.8. The van der Waals surface area contributed by atoms with E-state index in [1.807, 2.05) is 13.8 Å². The number of carbonyl (C=O) groups excluding carboxylic acids is 1. The van der Waals surface area contributed by atoms with Crippen LogP contribution in [0.15, 0.2) is 0 Å². The van der Waals surface area contributed by atoms with E-state index in [1.165, 1.54) is 19.3 Å². The highest BCUT2D eigenvalue weighted by atomic mass is 16.5. The van der Waals surface area contributed by atoms with Crippen LogP contribution in [0.5, 0.6) is 0 Å². The maximum Gasteiger partial charge on any atom is 0.149 e. The molecule has 0 spiro atoms. The third-order valence-corrected chi connectivity index (χ3v) is 3.16. The number of carbonyl (C=O) groups is 1. The fraction of sp³-hybridized carbons (Fsp3) is 0.938. The van der Waals surface area contributed by atoms with Crippen molar-refractivity contribution in [3.8, 4) is 0 Å². The summed E-state index contributed by atoms with van der Waals surface area (Å²) in [5.74, 6) is 1.24. The first-order valence-corrected chi connectivity index (χ1v) is 7.85. The molecule has 0 atom stereocenters. The molecule has 0 aliphatic carbocycles. The molecule has 0 rings (SSSR count). The van der Waals surface area contributed by atoms with E-state index in [0.29, 0.717) is 12.3 Å². The minimum Gasteiger partial charge on any atom is -0.381 e. The summed E-state index contributed by atoms with van der Waals surface area (Å²) in [6.45, 7) is 11.6. The molecule has 0 radical (unpaired) electrons. The summed E-state index contributed by atoms with van der Waals surface area (Å²) in [6, 6.07) is 0. The van der Waals surface area contributed by atoms with Crippen molar-refractivity contribution in [1.82, 2.24) is 5.32 Å². The van der Waals surface area contributed by atoms with Gasteiger partial charge in [-0.25, -0.2) is 0 Å². The van der Waals surface area contributed by atoms with Crippen LogP contribution < -0.4 is 5.32 Å². The summed E-state index contributed by atoms with van der Waals surface area (Å²) < 4.78 is 5.59. The molecule has 19 heavy (non-hydrogen) atoms. The number of ether oxygens (including phenoxy) is 1. The van der Waals surface area contributed by atoms with E-state index in [1.54, 1.807) is 0 Å². The van der Waals surface area contributed by atoms with Crippen molar-refractivity contribution in [1.29, 1.82) is 0 Å². The van der Waals surface area contributed by atoms with Gasteiger partial charge < -0.3 is 10.1 Å². The molecule has 0 amide bonds. The second-order valence-corrected chi connectivity index (χ2v) is 6.01. The average Bonchev–Trinajstić information content (AvgIpc) is 2.35. The van der Waals surface area contributed by atoms with Gasteiger partial charge in [0, 0.05) is 19.1 Å². The standard InChI is InChI=1S/C16H33NO2/c1-14(2)9-5-7-11-19-12-8-6-10-17-13-16(18)15(3)4/h14-15,17H,5-13H2,1-4H3. The lowest BCUT2D eigenvalue weighted by Crippen LogP contribution is -2.27. The van der Waals surface area contributed by atoms with E-state index >= 15 is 0 Å². The second kappa shape index (κ2) is 12.6. The van der Waals surface area contributed by atoms with Crippen LogP contribution in [0.3, 0.4) is 0 Å². The first-order valence-electron chi connectivity index (χ1n) is 7.85. The smallest absolute Gasteiger partial charge is 0.149 e. The van der Waals surface area contributed by atoms with E-state index in [0.717, 1.165) is 38.5 Å². The van der Waals surface area contributed by atoms with Crippen LogP contribution in [-0.2, 0) is 9.53 Å². The maximum atomic E-state index is 11.3. The lowest BCUT2D eigenvalue weighted by Gasteiger charge is -2.07. The number of Topliss-reactive ketones (excluding diaryl/α,β-unsaturated/α-hetero) is 1. The SMILES string of the molecule is CC(C)CCCCOCCCCNCC(=O)C(C)C. The number of unbranched alkanes of at least 4 members (excludes halogenated alkanes) is 2. The first kappa shape index (κ1) is 18.6. The molecule has 0 heterocycles. The van der Waals surface area contributed by atoms with Gasteiger partial charge >= 0.3 is 0 Å². The Bertz CT molecular complexity index is 215. The van der Waals surface area contributed by atoms with Crippen molar-refractivity contribution in [3.63, 3.8) is 0 Å². The van der Waals surface area contributed by atoms with Crippen LogP contribution in [0.4, 0.5) is 0 Å². The van der Waals surface area contributed by atoms with E-state index in [9.17, 15) is 4.79 Å². The molecule has 0 bridgehead atoms. The molecular weight excluding hydrogens is 238 g/mol. The normalized spacial score (nSPS) is 11.5. The molecule has 0 aliphatic heterocycles. The molecule has 0 aromatic rings. The minimum absolute atomic E-state index is 0.140. The van der Waals surface area contributed by atoms with Gasteiger partial charge in [-0.2, -0.15) is 0 Å². The molecule has 0 unspecified atom stereocenters. The molecule has 3 heteroatoms. The second-order valence-electron chi connectivity index (χ2n) is 6.01. The zero-order chi connectivity index (χ0) is 14.5. The number of rotatable bonds is 13. The van der Waals surface area contributed by atoms with E-state index in [-0.39, 0.29) is 5.92 Å². The van der Waals surface area contributed by atoms with Gasteiger partial charge in [-0.05, 0) is 31.7 Å². The Kier molecular flexibility index (Phi) is 12.3. The van der Waals surface area contributed by atoms with E-state index < -0.39 is 0 Å². The number of ketones is 1. The van der Waals surface area contributed by atoms with Gasteiger partial charge in [0.15, 0.2) is 0 Å². The fourth-order valence-corrected chi connectivity index (χ4v) is 1.73. The van der Waals surface area contributed by atoms with E-state index in [2.05, 4.69) is 19.2 Å². The molecule has 0 fully saturated rings. The van der Waals surface area contributed by atoms with Crippen molar-refractivity contribution < 1.29 is 9.53 Å². The van der Waals surface area contributed by atoms with Gasteiger partial charge in [0.1, 0.15) is 5.78 Å². The highest BCUT2D eigenvalue weighted by molar-refractivity contribution is 5.82. The number of hydrogen-bond acceptors (Lipinski definition) is 3. The summed E-state index contributed by atoms with van der Waals surface area (Å²) >= 11 is 0. The molecule has 0 aromatic carbocycles. The lowest BCUT2D eigenvalue weighted by molar-refractivity contribution is -0.121. The van der Waals surface area contributed by atoms with Gasteiger partial charge in [0.25, 0.3) is 0 Å². The number of hydrogen-bond donors (Lipinski definition) is 1. The molecule has 3 nitrogen and oxygen atoms in total. The molecule has 0 saturated heterocycles. The fourth-order valence-electron chi connectivity index (χ4n) is 1.73. The summed E-state index contributed by atoms with van der Waals surface area (Å²) in [4.78, 5) is 11.3. The highest BCUT2D eigenvalue weighted by Gasteiger charge is 2.05. The summed E-state index contributed by atoms with van der Waals surface area (Å²) in [7, 11) is 0. The van der Waals surface area contributed by atoms with E-state index in [4.69, 9.17) is 4.74 Å². The zero-order valence-electron chi connectivity index (χ0n) is 13.3. The third-order valence-electron chi connectivity index (χ3n) is 3.16. The van der Waals surface area contributed by atoms with Gasteiger partial charge in [0.05, 0.1) is 6.54 Å². The maximum absolute atomic E-state index is 11.3. The van der Waals surface area contributed by atoms with Gasteiger partial charge in [-0.3, -0.25) is 4.79 Å². The van der Waals surface area contributed by atoms with Gasteiger partial charge in [0.2, 0.25) is 0 Å². The van der Waals surface area contributed by atoms with Crippen molar-refractivity contribution >= 4 is 5.78 Å². The van der Waals surface area contributed by atoms with Crippen molar-refractivity contribution in [2.24, 2.45) is 11.8 Å². The van der Waals surface area contributed by atoms with Crippen LogP contribution in [0.2, 0.25) is 0 Å². The molecule has 0 saturated carbocycles. The Morgan fingerprint density at radius 1 is 1.00 bits per heavy atom. The molecule has 0 aliphatic rings. The molecular formula is C16H33NO2. The van der Waals surface area contributed by atoms with Crippen molar-refractivity contribution in [2.75, 3.05) is 26.3 Å². The van der Waals surface area contributed by atoms with Crippen molar-refractivity contribution in [2.45, 2.75) is 59.8 Å². The molecule has 114 valence electrons. The summed E-state index contributed by atoms with van der Waals surface area (Å²) in [5, 5.41) is 3.19. The lowest BCUT2D eigenvalue weighted by atomic mass is 10.1. The minimum atomic E-state index is 0.140. The Morgan fingerprint density at radius 2 is 1.63 bits per heavy atom. The zero-order valence-corrected chi connectivity index (χ0v) is 13.3. The molecule has 1 N–H and O–H groups in total. The Morgan fingerprint density at radius 3 is 2.21 bits per heavy atom. The van der Waals surface area contributed by atoms with Crippen LogP contribution >= 0.6 is 0 Å². The quantitative estimate of drug-likeness (QED) is 0.522. The Hall–Kier alpha value is -0.410.